The Balaban J connectivity index is 1.81. The van der Waals surface area contributed by atoms with Crippen LogP contribution in [0.25, 0.3) is 17.7 Å². The van der Waals surface area contributed by atoms with Crippen molar-refractivity contribution in [3.05, 3.63) is 109 Å². The van der Waals surface area contributed by atoms with Crippen molar-refractivity contribution >= 4 is 17.7 Å². The molecule has 0 aliphatic rings. The molecule has 0 aliphatic carbocycles. The van der Waals surface area contributed by atoms with Gasteiger partial charge in [-0.3, -0.25) is 9.55 Å². The van der Waals surface area contributed by atoms with Crippen molar-refractivity contribution in [1.29, 1.82) is 0 Å². The number of allylic oxidation sites excluding steroid dienone is 2. The molecule has 3 aromatic rings. The van der Waals surface area contributed by atoms with Gasteiger partial charge in [-0.25, -0.2) is 0 Å². The fraction of sp³-hybridized carbons (Fsp3) is 0. The fourth-order valence-electron chi connectivity index (χ4n) is 2.13. The van der Waals surface area contributed by atoms with Crippen LogP contribution in [-0.4, -0.2) is 9.97 Å². The average molecular weight is 311 g/mol. The van der Waals surface area contributed by atoms with Gasteiger partial charge < -0.3 is 4.98 Å². The number of pyridine rings is 3. The lowest BCUT2D eigenvalue weighted by Crippen LogP contribution is -2.30. The van der Waals surface area contributed by atoms with Crippen molar-refractivity contribution in [3.63, 3.8) is 0 Å². The van der Waals surface area contributed by atoms with Gasteiger partial charge in [0.25, 0.3) is 0 Å². The molecule has 24 heavy (non-hydrogen) atoms. The molecule has 3 heteroatoms. The fourth-order valence-corrected chi connectivity index (χ4v) is 2.13. The number of hydrogen-bond acceptors (Lipinski definition) is 2. The molecule has 0 atom stereocenters. The van der Waals surface area contributed by atoms with Crippen molar-refractivity contribution in [2.75, 3.05) is 0 Å². The second kappa shape index (κ2) is 7.79. The highest BCUT2D eigenvalue weighted by atomic mass is 14.9. The highest BCUT2D eigenvalue weighted by Crippen LogP contribution is 2.11. The highest BCUT2D eigenvalue weighted by molar-refractivity contribution is 5.74. The Bertz CT molecular complexity index is 866. The number of rotatable bonds is 5. The van der Waals surface area contributed by atoms with Crippen molar-refractivity contribution in [3.8, 4) is 0 Å². The molecule has 0 aliphatic heterocycles. The van der Waals surface area contributed by atoms with Gasteiger partial charge in [0.15, 0.2) is 6.20 Å². The van der Waals surface area contributed by atoms with E-state index in [1.54, 1.807) is 12.4 Å². The van der Waals surface area contributed by atoms with Crippen molar-refractivity contribution in [2.45, 2.75) is 0 Å². The van der Waals surface area contributed by atoms with Gasteiger partial charge in [-0.2, -0.15) is 0 Å². The first-order valence-corrected chi connectivity index (χ1v) is 7.63. The largest absolute Gasteiger partial charge is 0.304 e. The van der Waals surface area contributed by atoms with Crippen LogP contribution >= 0.6 is 0 Å². The summed E-state index contributed by atoms with van der Waals surface area (Å²) in [6.07, 6.45) is 14.5. The average Bonchev–Trinajstić information content (AvgIpc) is 2.66. The van der Waals surface area contributed by atoms with E-state index in [2.05, 4.69) is 22.7 Å². The topological polar surface area (TPSA) is 29.7 Å². The van der Waals surface area contributed by atoms with E-state index in [1.165, 1.54) is 0 Å². The molecule has 0 spiro atoms. The van der Waals surface area contributed by atoms with Crippen molar-refractivity contribution in [2.24, 2.45) is 0 Å². The van der Waals surface area contributed by atoms with Crippen molar-refractivity contribution < 1.29 is 4.57 Å². The standard InChI is InChI=1S/C21H17N3/c1-18(21-10-3-6-15-23-21)11-12-20-9-4-7-16-24(20)17-13-19-8-2-5-14-22-19/h2-16H,1H2. The maximum atomic E-state index is 4.30. The lowest BCUT2D eigenvalue weighted by molar-refractivity contribution is -0.620. The van der Waals surface area contributed by atoms with E-state index in [4.69, 9.17) is 0 Å². The summed E-state index contributed by atoms with van der Waals surface area (Å²) in [5, 5.41) is 0. The van der Waals surface area contributed by atoms with E-state index in [0.29, 0.717) is 0 Å². The molecule has 0 N–H and O–H groups in total. The summed E-state index contributed by atoms with van der Waals surface area (Å²) in [5.74, 6) is 0. The zero-order chi connectivity index (χ0) is 16.6. The van der Waals surface area contributed by atoms with Crippen LogP contribution in [0.2, 0.25) is 0 Å². The maximum absolute atomic E-state index is 4.30. The lowest BCUT2D eigenvalue weighted by Gasteiger charge is -2.02. The van der Waals surface area contributed by atoms with E-state index in [0.717, 1.165) is 22.7 Å². The number of hydrogen-bond donors (Lipinski definition) is 0. The number of aromatic nitrogens is 3. The summed E-state index contributed by atoms with van der Waals surface area (Å²) in [5.41, 5.74) is 3.58. The molecule has 0 unspecified atom stereocenters. The SMILES string of the molecule is C=C(C=Cc1cccc[n+]1[C-]=Cc1ccccn1)c1ccccn1. The van der Waals surface area contributed by atoms with Crippen molar-refractivity contribution in [1.82, 2.24) is 9.97 Å². The van der Waals surface area contributed by atoms with Crippen LogP contribution in [0.4, 0.5) is 0 Å². The van der Waals surface area contributed by atoms with Gasteiger partial charge >= 0.3 is 0 Å². The zero-order valence-corrected chi connectivity index (χ0v) is 13.2. The second-order valence-electron chi connectivity index (χ2n) is 5.10. The van der Waals surface area contributed by atoms with Gasteiger partial charge in [-0.1, -0.05) is 43.0 Å². The van der Waals surface area contributed by atoms with Gasteiger partial charge in [-0.15, -0.1) is 0 Å². The maximum Gasteiger partial charge on any atom is 0.154 e. The van der Waals surface area contributed by atoms with Crippen LogP contribution in [-0.2, 0) is 0 Å². The normalized spacial score (nSPS) is 11.2. The Morgan fingerprint density at radius 2 is 1.75 bits per heavy atom. The molecule has 3 aromatic heterocycles. The molecular weight excluding hydrogens is 294 g/mol. The molecular formula is C21H17N3. The molecule has 0 radical (unpaired) electrons. The lowest BCUT2D eigenvalue weighted by atomic mass is 10.1. The summed E-state index contributed by atoms with van der Waals surface area (Å²) in [4.78, 5) is 8.57. The minimum absolute atomic E-state index is 0.861. The van der Waals surface area contributed by atoms with Crippen LogP contribution in [0.3, 0.4) is 0 Å². The minimum atomic E-state index is 0.861. The molecule has 3 nitrogen and oxygen atoms in total. The van der Waals surface area contributed by atoms with Gasteiger partial charge in [0.1, 0.15) is 5.69 Å². The Labute approximate surface area is 142 Å². The predicted octanol–water partition coefficient (Wildman–Crippen LogP) is 3.81. The molecule has 3 heterocycles. The first-order valence-electron chi connectivity index (χ1n) is 7.63. The van der Waals surface area contributed by atoms with E-state index in [1.807, 2.05) is 83.6 Å². The summed E-state index contributed by atoms with van der Waals surface area (Å²) < 4.78 is 1.91. The van der Waals surface area contributed by atoms with E-state index >= 15 is 0 Å². The van der Waals surface area contributed by atoms with Crippen LogP contribution in [0.1, 0.15) is 17.1 Å². The molecule has 0 amide bonds. The monoisotopic (exact) mass is 311 g/mol. The molecule has 116 valence electrons. The number of nitrogens with zero attached hydrogens (tertiary/aromatic N) is 3. The molecule has 0 saturated carbocycles. The quantitative estimate of drug-likeness (QED) is 0.407. The first kappa shape index (κ1) is 15.6. The van der Waals surface area contributed by atoms with Crippen LogP contribution in [0.5, 0.6) is 0 Å². The van der Waals surface area contributed by atoms with Gasteiger partial charge in [-0.05, 0) is 47.7 Å². The van der Waals surface area contributed by atoms with E-state index in [9.17, 15) is 0 Å². The summed E-state index contributed by atoms with van der Waals surface area (Å²) in [6.45, 7) is 4.07. The van der Waals surface area contributed by atoms with Gasteiger partial charge in [0, 0.05) is 12.4 Å². The smallest absolute Gasteiger partial charge is 0.154 e. The molecule has 3 rings (SSSR count). The molecule has 0 aromatic carbocycles. The van der Waals surface area contributed by atoms with Crippen LogP contribution in [0.15, 0.2) is 85.8 Å². The van der Waals surface area contributed by atoms with Crippen LogP contribution < -0.4 is 4.57 Å². The van der Waals surface area contributed by atoms with Crippen LogP contribution in [0, 0.1) is 6.20 Å². The Morgan fingerprint density at radius 3 is 2.50 bits per heavy atom. The first-order chi connectivity index (χ1) is 11.8. The predicted molar refractivity (Wildman–Crippen MR) is 96.3 cm³/mol. The summed E-state index contributed by atoms with van der Waals surface area (Å²) in [6, 6.07) is 17.5. The Hall–Kier alpha value is -3.33. The van der Waals surface area contributed by atoms with E-state index in [-0.39, 0.29) is 0 Å². The second-order valence-corrected chi connectivity index (χ2v) is 5.10. The molecule has 0 saturated heterocycles. The van der Waals surface area contributed by atoms with Gasteiger partial charge in [0.05, 0.1) is 11.9 Å². The summed E-state index contributed by atoms with van der Waals surface area (Å²) >= 11 is 0. The third-order valence-electron chi connectivity index (χ3n) is 3.38. The third-order valence-corrected chi connectivity index (χ3v) is 3.38. The molecule has 0 bridgehead atoms. The minimum Gasteiger partial charge on any atom is -0.304 e. The Morgan fingerprint density at radius 1 is 0.958 bits per heavy atom. The molecule has 0 fully saturated rings. The van der Waals surface area contributed by atoms with E-state index < -0.39 is 0 Å². The summed E-state index contributed by atoms with van der Waals surface area (Å²) in [7, 11) is 0. The third kappa shape index (κ3) is 4.11. The highest BCUT2D eigenvalue weighted by Gasteiger charge is 1.98. The Kier molecular flexibility index (Phi) is 5.05. The van der Waals surface area contributed by atoms with Gasteiger partial charge in [0.2, 0.25) is 0 Å². The zero-order valence-electron chi connectivity index (χ0n) is 13.2.